The number of fused-ring (bicyclic) bond motifs is 1. The van der Waals surface area contributed by atoms with Crippen LogP contribution in [0, 0.1) is 5.92 Å². The second-order valence-corrected chi connectivity index (χ2v) is 7.28. The topological polar surface area (TPSA) is 99.1 Å². The third kappa shape index (κ3) is 5.23. The summed E-state index contributed by atoms with van der Waals surface area (Å²) >= 11 is 0. The van der Waals surface area contributed by atoms with E-state index in [4.69, 9.17) is 14.2 Å². The molecule has 1 N–H and O–H groups in total. The van der Waals surface area contributed by atoms with E-state index >= 15 is 0 Å². The van der Waals surface area contributed by atoms with E-state index in [1.165, 1.54) is 6.92 Å². The van der Waals surface area contributed by atoms with Crippen LogP contribution in [0.15, 0.2) is 47.1 Å². The summed E-state index contributed by atoms with van der Waals surface area (Å²) in [6, 6.07) is 0. The zero-order valence-corrected chi connectivity index (χ0v) is 17.3. The molecule has 1 heterocycles. The van der Waals surface area contributed by atoms with Crippen LogP contribution in [-0.2, 0) is 28.6 Å². The van der Waals surface area contributed by atoms with Gasteiger partial charge in [-0.05, 0) is 45.3 Å². The third-order valence-electron chi connectivity index (χ3n) is 5.15. The molecule has 0 aromatic rings. The first-order valence-electron chi connectivity index (χ1n) is 9.57. The fraction of sp³-hybridized carbons (Fsp3) is 0.500. The van der Waals surface area contributed by atoms with Crippen LogP contribution in [0.1, 0.15) is 40.5 Å². The molecule has 4 atom stereocenters. The van der Waals surface area contributed by atoms with Gasteiger partial charge in [0.25, 0.3) is 0 Å². The molecule has 7 heteroatoms. The van der Waals surface area contributed by atoms with Gasteiger partial charge in [-0.15, -0.1) is 0 Å². The van der Waals surface area contributed by atoms with E-state index in [1.54, 1.807) is 26.0 Å². The number of aliphatic hydroxyl groups excluding tert-OH is 1. The molecular formula is C22H28O7. The number of ether oxygens (including phenoxy) is 3. The van der Waals surface area contributed by atoms with Gasteiger partial charge in [-0.2, -0.15) is 0 Å². The number of hydrogen-bond acceptors (Lipinski definition) is 7. The Morgan fingerprint density at radius 2 is 2.03 bits per heavy atom. The van der Waals surface area contributed by atoms with Gasteiger partial charge in [-0.3, -0.25) is 4.79 Å². The van der Waals surface area contributed by atoms with Crippen molar-refractivity contribution in [1.82, 2.24) is 0 Å². The number of hydrogen-bond donors (Lipinski definition) is 1. The van der Waals surface area contributed by atoms with Crippen molar-refractivity contribution in [2.75, 3.05) is 6.61 Å². The monoisotopic (exact) mass is 404 g/mol. The molecule has 1 aliphatic carbocycles. The van der Waals surface area contributed by atoms with Crippen molar-refractivity contribution >= 4 is 17.9 Å². The van der Waals surface area contributed by atoms with Crippen LogP contribution in [0.5, 0.6) is 0 Å². The van der Waals surface area contributed by atoms with Crippen molar-refractivity contribution in [3.8, 4) is 0 Å². The molecule has 0 bridgehead atoms. The van der Waals surface area contributed by atoms with Crippen molar-refractivity contribution in [2.45, 2.75) is 58.8 Å². The largest absolute Gasteiger partial charge is 0.454 e. The zero-order valence-electron chi connectivity index (χ0n) is 17.3. The summed E-state index contributed by atoms with van der Waals surface area (Å²) in [5.41, 5.74) is 1.87. The Morgan fingerprint density at radius 1 is 1.34 bits per heavy atom. The molecule has 0 amide bonds. The SMILES string of the molecule is C=C1C(=O)O[C@@H]2/C=C(/C)CC/C=C(/CO)[C@H](OC(C)=O)[C@@H](OC(=O)/C(C)=C\C)[C@@H]12. The number of aliphatic hydroxyl groups is 1. The average molecular weight is 404 g/mol. The van der Waals surface area contributed by atoms with E-state index in [1.807, 2.05) is 13.0 Å². The fourth-order valence-electron chi connectivity index (χ4n) is 3.44. The van der Waals surface area contributed by atoms with Crippen molar-refractivity contribution in [3.05, 3.63) is 47.1 Å². The lowest BCUT2D eigenvalue weighted by Crippen LogP contribution is -2.45. The molecule has 0 radical (unpaired) electrons. The quantitative estimate of drug-likeness (QED) is 0.333. The number of rotatable bonds is 4. The number of allylic oxidation sites excluding steroid dienone is 3. The average Bonchev–Trinajstić information content (AvgIpc) is 2.93. The molecule has 0 aromatic heterocycles. The van der Waals surface area contributed by atoms with E-state index in [0.717, 1.165) is 5.57 Å². The van der Waals surface area contributed by atoms with E-state index in [2.05, 4.69) is 6.58 Å². The van der Waals surface area contributed by atoms with Gasteiger partial charge < -0.3 is 19.3 Å². The molecule has 0 unspecified atom stereocenters. The summed E-state index contributed by atoms with van der Waals surface area (Å²) in [5, 5.41) is 9.94. The van der Waals surface area contributed by atoms with Crippen molar-refractivity contribution < 1.29 is 33.7 Å². The predicted molar refractivity (Wildman–Crippen MR) is 106 cm³/mol. The molecule has 2 aliphatic rings. The predicted octanol–water partition coefficient (Wildman–Crippen LogP) is 2.55. The maximum atomic E-state index is 12.6. The molecule has 7 nitrogen and oxygen atoms in total. The van der Waals surface area contributed by atoms with Gasteiger partial charge in [0, 0.05) is 18.1 Å². The van der Waals surface area contributed by atoms with Gasteiger partial charge in [0.05, 0.1) is 12.5 Å². The molecular weight excluding hydrogens is 376 g/mol. The number of carbonyl (C=O) groups is 3. The highest BCUT2D eigenvalue weighted by Crippen LogP contribution is 2.37. The standard InChI is InChI=1S/C22H28O7/c1-6-13(3)21(25)29-20-18-14(4)22(26)28-17(18)10-12(2)8-7-9-16(11-23)19(20)27-15(5)24/h6,9-10,17-20,23H,4,7-8,11H2,1-3,5H3/b12-10-,13-6-,16-9-/t17-,18+,19+,20+/m1/s1. The Bertz CT molecular complexity index is 787. The minimum atomic E-state index is -1.09. The highest BCUT2D eigenvalue weighted by molar-refractivity contribution is 5.92. The Kier molecular flexibility index (Phi) is 7.56. The molecule has 0 aromatic carbocycles. The normalized spacial score (nSPS) is 31.6. The van der Waals surface area contributed by atoms with E-state index < -0.39 is 48.7 Å². The summed E-state index contributed by atoms with van der Waals surface area (Å²) in [6.07, 6.45) is 3.56. The smallest absolute Gasteiger partial charge is 0.334 e. The van der Waals surface area contributed by atoms with Crippen LogP contribution in [0.3, 0.4) is 0 Å². The van der Waals surface area contributed by atoms with Gasteiger partial charge in [0.1, 0.15) is 6.10 Å². The zero-order chi connectivity index (χ0) is 21.7. The van der Waals surface area contributed by atoms with Crippen LogP contribution in [0.4, 0.5) is 0 Å². The lowest BCUT2D eigenvalue weighted by Gasteiger charge is -2.33. The lowest BCUT2D eigenvalue weighted by molar-refractivity contribution is -0.166. The van der Waals surface area contributed by atoms with E-state index in [0.29, 0.717) is 24.0 Å². The third-order valence-corrected chi connectivity index (χ3v) is 5.15. The Hall–Kier alpha value is -2.67. The van der Waals surface area contributed by atoms with Crippen LogP contribution >= 0.6 is 0 Å². The molecule has 0 spiro atoms. The maximum absolute atomic E-state index is 12.6. The first-order valence-corrected chi connectivity index (χ1v) is 9.57. The minimum absolute atomic E-state index is 0.130. The summed E-state index contributed by atoms with van der Waals surface area (Å²) in [5.74, 6) is -2.57. The highest BCUT2D eigenvalue weighted by Gasteiger charge is 2.49. The summed E-state index contributed by atoms with van der Waals surface area (Å²) in [6.45, 7) is 9.87. The Labute approximate surface area is 170 Å². The molecule has 0 saturated carbocycles. The van der Waals surface area contributed by atoms with E-state index in [9.17, 15) is 19.5 Å². The van der Waals surface area contributed by atoms with Crippen molar-refractivity contribution in [2.24, 2.45) is 5.92 Å². The number of carbonyl (C=O) groups excluding carboxylic acids is 3. The molecule has 29 heavy (non-hydrogen) atoms. The van der Waals surface area contributed by atoms with Crippen LogP contribution in [0.25, 0.3) is 0 Å². The first kappa shape index (κ1) is 22.6. The van der Waals surface area contributed by atoms with Gasteiger partial charge in [0.15, 0.2) is 12.2 Å². The maximum Gasteiger partial charge on any atom is 0.334 e. The van der Waals surface area contributed by atoms with Crippen LogP contribution in [-0.4, -0.2) is 47.9 Å². The van der Waals surface area contributed by atoms with Crippen molar-refractivity contribution in [1.29, 1.82) is 0 Å². The second-order valence-electron chi connectivity index (χ2n) is 7.28. The fourth-order valence-corrected chi connectivity index (χ4v) is 3.44. The van der Waals surface area contributed by atoms with Gasteiger partial charge >= 0.3 is 17.9 Å². The summed E-state index contributed by atoms with van der Waals surface area (Å²) in [7, 11) is 0. The van der Waals surface area contributed by atoms with E-state index in [-0.39, 0.29) is 5.57 Å². The van der Waals surface area contributed by atoms with Gasteiger partial charge in [0.2, 0.25) is 0 Å². The van der Waals surface area contributed by atoms with Crippen LogP contribution in [0.2, 0.25) is 0 Å². The lowest BCUT2D eigenvalue weighted by atomic mass is 9.83. The first-order chi connectivity index (χ1) is 13.7. The molecule has 1 aliphatic heterocycles. The Morgan fingerprint density at radius 3 is 2.62 bits per heavy atom. The van der Waals surface area contributed by atoms with Gasteiger partial charge in [-0.1, -0.05) is 24.3 Å². The molecule has 1 fully saturated rings. The van der Waals surface area contributed by atoms with Crippen LogP contribution < -0.4 is 0 Å². The van der Waals surface area contributed by atoms with Crippen molar-refractivity contribution in [3.63, 3.8) is 0 Å². The number of esters is 3. The molecule has 1 saturated heterocycles. The molecule has 2 rings (SSSR count). The highest BCUT2D eigenvalue weighted by atomic mass is 16.6. The summed E-state index contributed by atoms with van der Waals surface area (Å²) < 4.78 is 16.7. The summed E-state index contributed by atoms with van der Waals surface area (Å²) in [4.78, 5) is 36.7. The Balaban J connectivity index is 2.62. The second kappa shape index (κ2) is 9.69. The minimum Gasteiger partial charge on any atom is -0.454 e. The van der Waals surface area contributed by atoms with Gasteiger partial charge in [-0.25, -0.2) is 9.59 Å². The molecule has 158 valence electrons.